The highest BCUT2D eigenvalue weighted by Gasteiger charge is 2.23. The van der Waals surface area contributed by atoms with Crippen LogP contribution in [0.1, 0.15) is 26.7 Å². The highest BCUT2D eigenvalue weighted by molar-refractivity contribution is 7.89. The Bertz CT molecular complexity index is 330. The number of hydrogen-bond acceptors (Lipinski definition) is 4. The first-order chi connectivity index (χ1) is 8.42. The Labute approximate surface area is 112 Å². The Hall–Kier alpha value is -0.170. The molecule has 108 valence electrons. The molecular weight excluding hydrogens is 250 g/mol. The van der Waals surface area contributed by atoms with Gasteiger partial charge in [-0.2, -0.15) is 0 Å². The van der Waals surface area contributed by atoms with Crippen LogP contribution in [0.5, 0.6) is 0 Å². The minimum Gasteiger partial charge on any atom is -0.314 e. The molecule has 0 unspecified atom stereocenters. The minimum absolute atomic E-state index is 0.260. The van der Waals surface area contributed by atoms with Gasteiger partial charge in [-0.15, -0.1) is 0 Å². The lowest BCUT2D eigenvalue weighted by Crippen LogP contribution is -2.37. The highest BCUT2D eigenvalue weighted by atomic mass is 32.2. The maximum absolute atomic E-state index is 12.2. The number of nitrogens with one attached hydrogen (secondary N) is 1. The quantitative estimate of drug-likeness (QED) is 0.712. The molecule has 0 radical (unpaired) electrons. The highest BCUT2D eigenvalue weighted by Crippen LogP contribution is 2.08. The van der Waals surface area contributed by atoms with Gasteiger partial charge in [-0.05, 0) is 33.0 Å². The Morgan fingerprint density at radius 3 is 2.56 bits per heavy atom. The van der Waals surface area contributed by atoms with E-state index in [1.54, 1.807) is 4.31 Å². The molecule has 1 heterocycles. The zero-order chi connectivity index (χ0) is 13.6. The molecule has 5 nitrogen and oxygen atoms in total. The summed E-state index contributed by atoms with van der Waals surface area (Å²) in [6.45, 7) is 8.04. The van der Waals surface area contributed by atoms with Crippen LogP contribution in [0.2, 0.25) is 0 Å². The van der Waals surface area contributed by atoms with Crippen LogP contribution < -0.4 is 5.32 Å². The van der Waals surface area contributed by atoms with Crippen LogP contribution in [0, 0.1) is 0 Å². The van der Waals surface area contributed by atoms with Gasteiger partial charge in [0.2, 0.25) is 10.0 Å². The van der Waals surface area contributed by atoms with Gasteiger partial charge in [-0.3, -0.25) is 0 Å². The number of nitrogens with zero attached hydrogens (tertiary/aromatic N) is 2. The summed E-state index contributed by atoms with van der Waals surface area (Å²) in [5.74, 6) is 0.260. The van der Waals surface area contributed by atoms with E-state index >= 15 is 0 Å². The van der Waals surface area contributed by atoms with Crippen molar-refractivity contribution < 1.29 is 8.42 Å². The summed E-state index contributed by atoms with van der Waals surface area (Å²) in [5, 5.41) is 3.25. The summed E-state index contributed by atoms with van der Waals surface area (Å²) >= 11 is 0. The van der Waals surface area contributed by atoms with Gasteiger partial charge in [-0.25, -0.2) is 12.7 Å². The summed E-state index contributed by atoms with van der Waals surface area (Å²) in [5.41, 5.74) is 0. The molecule has 1 saturated heterocycles. The molecular formula is C12H27N3O2S. The number of likely N-dealkylation sites (N-methyl/N-ethyl adjacent to an activating group) is 1. The van der Waals surface area contributed by atoms with Crippen LogP contribution >= 0.6 is 0 Å². The lowest BCUT2D eigenvalue weighted by atomic mass is 10.4. The molecule has 0 amide bonds. The van der Waals surface area contributed by atoms with Crippen LogP contribution in [0.15, 0.2) is 0 Å². The molecule has 0 atom stereocenters. The fraction of sp³-hybridized carbons (Fsp3) is 1.00. The standard InChI is InChI=1S/C12H27N3O2S/c1-12(2)13-6-4-11-18(16,17)15-8-5-7-14(3)9-10-15/h12-13H,4-11H2,1-3H3. The van der Waals surface area contributed by atoms with E-state index in [2.05, 4.69) is 24.1 Å². The maximum atomic E-state index is 12.2. The lowest BCUT2D eigenvalue weighted by Gasteiger charge is -2.20. The van der Waals surface area contributed by atoms with Crippen molar-refractivity contribution in [3.63, 3.8) is 0 Å². The first kappa shape index (κ1) is 15.9. The smallest absolute Gasteiger partial charge is 0.214 e. The molecule has 1 rings (SSSR count). The van der Waals surface area contributed by atoms with Crippen LogP contribution in [0.3, 0.4) is 0 Å². The molecule has 0 aromatic rings. The van der Waals surface area contributed by atoms with E-state index in [9.17, 15) is 8.42 Å². The fourth-order valence-corrected chi connectivity index (χ4v) is 3.61. The molecule has 1 aliphatic heterocycles. The summed E-state index contributed by atoms with van der Waals surface area (Å²) in [4.78, 5) is 2.19. The van der Waals surface area contributed by atoms with Gasteiger partial charge in [0.25, 0.3) is 0 Å². The molecule has 0 aromatic carbocycles. The van der Waals surface area contributed by atoms with Gasteiger partial charge in [-0.1, -0.05) is 13.8 Å². The van der Waals surface area contributed by atoms with Crippen molar-refractivity contribution in [2.24, 2.45) is 0 Å². The molecule has 1 fully saturated rings. The summed E-state index contributed by atoms with van der Waals surface area (Å²) < 4.78 is 26.0. The fourth-order valence-electron chi connectivity index (χ4n) is 2.08. The molecule has 0 aromatic heterocycles. The molecule has 6 heteroatoms. The molecule has 0 aliphatic carbocycles. The minimum atomic E-state index is -3.06. The van der Waals surface area contributed by atoms with Gasteiger partial charge in [0.15, 0.2) is 0 Å². The average Bonchev–Trinajstić information content (AvgIpc) is 2.49. The predicted molar refractivity (Wildman–Crippen MR) is 75.2 cm³/mol. The van der Waals surface area contributed by atoms with Crippen molar-refractivity contribution in [2.45, 2.75) is 32.7 Å². The second kappa shape index (κ2) is 7.43. The second-order valence-corrected chi connectivity index (χ2v) is 7.42. The number of rotatable bonds is 6. The van der Waals surface area contributed by atoms with Crippen molar-refractivity contribution in [3.8, 4) is 0 Å². The number of sulfonamides is 1. The zero-order valence-corrected chi connectivity index (χ0v) is 12.7. The summed E-state index contributed by atoms with van der Waals surface area (Å²) in [7, 11) is -1.02. The summed E-state index contributed by atoms with van der Waals surface area (Å²) in [6.07, 6.45) is 1.62. The van der Waals surface area contributed by atoms with E-state index in [4.69, 9.17) is 0 Å². The van der Waals surface area contributed by atoms with Crippen molar-refractivity contribution >= 4 is 10.0 Å². The third-order valence-corrected chi connectivity index (χ3v) is 5.16. The maximum Gasteiger partial charge on any atom is 0.214 e. The van der Waals surface area contributed by atoms with Gasteiger partial charge in [0.05, 0.1) is 5.75 Å². The monoisotopic (exact) mass is 277 g/mol. The molecule has 1 N–H and O–H groups in total. The van der Waals surface area contributed by atoms with Crippen LogP contribution in [-0.4, -0.2) is 69.2 Å². The van der Waals surface area contributed by atoms with Gasteiger partial charge in [0.1, 0.15) is 0 Å². The van der Waals surface area contributed by atoms with Crippen molar-refractivity contribution in [1.29, 1.82) is 0 Å². The first-order valence-corrected chi connectivity index (χ1v) is 8.42. The van der Waals surface area contributed by atoms with E-state index in [-0.39, 0.29) is 5.75 Å². The van der Waals surface area contributed by atoms with E-state index in [0.717, 1.165) is 26.1 Å². The van der Waals surface area contributed by atoms with Gasteiger partial charge in [0, 0.05) is 25.7 Å². The second-order valence-electron chi connectivity index (χ2n) is 5.33. The Morgan fingerprint density at radius 1 is 1.17 bits per heavy atom. The third-order valence-electron chi connectivity index (χ3n) is 3.20. The number of hydrogen-bond donors (Lipinski definition) is 1. The third kappa shape index (κ3) is 5.65. The SMILES string of the molecule is CC(C)NCCCS(=O)(=O)N1CCCN(C)CC1. The van der Waals surface area contributed by atoms with Crippen molar-refractivity contribution in [2.75, 3.05) is 45.5 Å². The Balaban J connectivity index is 2.37. The zero-order valence-electron chi connectivity index (χ0n) is 11.9. The lowest BCUT2D eigenvalue weighted by molar-refractivity contribution is 0.347. The average molecular weight is 277 g/mol. The topological polar surface area (TPSA) is 52.7 Å². The first-order valence-electron chi connectivity index (χ1n) is 6.81. The van der Waals surface area contributed by atoms with Crippen LogP contribution in [0.25, 0.3) is 0 Å². The van der Waals surface area contributed by atoms with E-state index < -0.39 is 10.0 Å². The van der Waals surface area contributed by atoms with Gasteiger partial charge >= 0.3 is 0 Å². The van der Waals surface area contributed by atoms with Crippen LogP contribution in [-0.2, 0) is 10.0 Å². The Kier molecular flexibility index (Phi) is 6.55. The molecule has 0 saturated carbocycles. The van der Waals surface area contributed by atoms with E-state index in [1.807, 2.05) is 7.05 Å². The van der Waals surface area contributed by atoms with E-state index in [0.29, 0.717) is 25.6 Å². The van der Waals surface area contributed by atoms with Crippen molar-refractivity contribution in [1.82, 2.24) is 14.5 Å². The van der Waals surface area contributed by atoms with E-state index in [1.165, 1.54) is 0 Å². The summed E-state index contributed by atoms with van der Waals surface area (Å²) in [6, 6.07) is 0.416. The molecule has 0 spiro atoms. The Morgan fingerprint density at radius 2 is 1.89 bits per heavy atom. The van der Waals surface area contributed by atoms with Crippen molar-refractivity contribution in [3.05, 3.63) is 0 Å². The predicted octanol–water partition coefficient (Wildman–Crippen LogP) is 0.342. The molecule has 18 heavy (non-hydrogen) atoms. The van der Waals surface area contributed by atoms with Gasteiger partial charge < -0.3 is 10.2 Å². The molecule has 0 bridgehead atoms. The normalized spacial score (nSPS) is 20.2. The molecule has 1 aliphatic rings. The van der Waals surface area contributed by atoms with Crippen LogP contribution in [0.4, 0.5) is 0 Å². The largest absolute Gasteiger partial charge is 0.314 e.